The van der Waals surface area contributed by atoms with Gasteiger partial charge in [0.1, 0.15) is 11.4 Å². The molecule has 3 rings (SSSR count). The number of hydrogen-bond acceptors (Lipinski definition) is 5. The average molecular weight is 456 g/mol. The van der Waals surface area contributed by atoms with Crippen LogP contribution in [0.4, 0.5) is 0 Å². The number of hydrogen-bond donors (Lipinski definition) is 1. The largest absolute Gasteiger partial charge is 0.497 e. The summed E-state index contributed by atoms with van der Waals surface area (Å²) in [6, 6.07) is 7.30. The molecule has 180 valence electrons. The van der Waals surface area contributed by atoms with Crippen molar-refractivity contribution in [3.63, 3.8) is 0 Å². The van der Waals surface area contributed by atoms with E-state index in [1.165, 1.54) is 0 Å². The summed E-state index contributed by atoms with van der Waals surface area (Å²) in [5, 5.41) is 7.86. The van der Waals surface area contributed by atoms with Crippen LogP contribution in [0.15, 0.2) is 24.3 Å². The fourth-order valence-electron chi connectivity index (χ4n) is 4.28. The molecule has 1 aliphatic heterocycles. The number of nitrogens with zero attached hydrogens (tertiary/aromatic N) is 2. The molecule has 0 unspecified atom stereocenters. The van der Waals surface area contributed by atoms with E-state index < -0.39 is 0 Å². The fourth-order valence-corrected chi connectivity index (χ4v) is 4.28. The number of aromatic nitrogens is 2. The lowest BCUT2D eigenvalue weighted by Crippen LogP contribution is -2.28. The minimum Gasteiger partial charge on any atom is -0.497 e. The molecule has 0 spiro atoms. The first-order valence-corrected chi connectivity index (χ1v) is 12.0. The van der Waals surface area contributed by atoms with Crippen LogP contribution in [0.2, 0.25) is 0 Å². The van der Waals surface area contributed by atoms with E-state index in [9.17, 15) is 9.59 Å². The quantitative estimate of drug-likeness (QED) is 0.603. The van der Waals surface area contributed by atoms with Gasteiger partial charge in [-0.1, -0.05) is 26.0 Å². The van der Waals surface area contributed by atoms with Crippen molar-refractivity contribution in [2.24, 2.45) is 5.41 Å². The molecule has 1 aliphatic rings. The average Bonchev–Trinajstić information content (AvgIpc) is 3.13. The first-order valence-electron chi connectivity index (χ1n) is 12.0. The highest BCUT2D eigenvalue weighted by Crippen LogP contribution is 2.31. The highest BCUT2D eigenvalue weighted by molar-refractivity contribution is 5.96. The Bertz CT molecular complexity index is 964. The van der Waals surface area contributed by atoms with Crippen LogP contribution in [0, 0.1) is 5.41 Å². The van der Waals surface area contributed by atoms with Gasteiger partial charge in [0, 0.05) is 43.9 Å². The number of benzene rings is 1. The van der Waals surface area contributed by atoms with Crippen LogP contribution >= 0.6 is 0 Å². The second-order valence-corrected chi connectivity index (χ2v) is 9.41. The predicted octanol–water partition coefficient (Wildman–Crippen LogP) is 4.23. The molecule has 33 heavy (non-hydrogen) atoms. The van der Waals surface area contributed by atoms with Crippen molar-refractivity contribution in [2.75, 3.05) is 26.9 Å². The SMILES string of the molecule is CCn1nc(CC(C)(C)CCC(=O)c2cccc(OC)c2)c2c1C(=O)NCCCOCCC2. The summed E-state index contributed by atoms with van der Waals surface area (Å²) in [5.41, 5.74) is 3.18. The van der Waals surface area contributed by atoms with Gasteiger partial charge >= 0.3 is 0 Å². The third-order valence-corrected chi connectivity index (χ3v) is 6.18. The number of amides is 1. The third-order valence-electron chi connectivity index (χ3n) is 6.18. The molecular weight excluding hydrogens is 418 g/mol. The molecule has 0 bridgehead atoms. The van der Waals surface area contributed by atoms with Crippen molar-refractivity contribution in [3.05, 3.63) is 46.8 Å². The number of carbonyl (C=O) groups is 2. The zero-order valence-electron chi connectivity index (χ0n) is 20.4. The summed E-state index contributed by atoms with van der Waals surface area (Å²) in [7, 11) is 1.60. The fraction of sp³-hybridized carbons (Fsp3) is 0.577. The van der Waals surface area contributed by atoms with Gasteiger partial charge in [-0.25, -0.2) is 0 Å². The van der Waals surface area contributed by atoms with Crippen molar-refractivity contribution in [2.45, 2.75) is 65.8 Å². The van der Waals surface area contributed by atoms with E-state index in [1.54, 1.807) is 13.2 Å². The number of ketones is 1. The van der Waals surface area contributed by atoms with E-state index in [0.29, 0.717) is 56.2 Å². The van der Waals surface area contributed by atoms with Crippen molar-refractivity contribution in [3.8, 4) is 5.75 Å². The number of carbonyl (C=O) groups excluding carboxylic acids is 2. The standard InChI is InChI=1S/C26H37N3O4/c1-5-29-24-21(11-7-15-33-16-8-14-27-25(24)31)22(28-29)18-26(2,3)13-12-23(30)19-9-6-10-20(17-19)32-4/h6,9-10,17H,5,7-8,11-16,18H2,1-4H3,(H,27,31). The number of rotatable bonds is 8. The number of methoxy groups -OCH3 is 1. The highest BCUT2D eigenvalue weighted by atomic mass is 16.5. The van der Waals surface area contributed by atoms with Gasteiger partial charge in [0.2, 0.25) is 0 Å². The van der Waals surface area contributed by atoms with Crippen molar-refractivity contribution < 1.29 is 19.1 Å². The van der Waals surface area contributed by atoms with Gasteiger partial charge in [-0.15, -0.1) is 0 Å². The summed E-state index contributed by atoms with van der Waals surface area (Å²) in [6.07, 6.45) is 4.32. The number of Topliss-reactive ketones (excluding diaryl/α,β-unsaturated/α-hetero) is 1. The Balaban J connectivity index is 1.76. The molecule has 0 fully saturated rings. The molecule has 2 aromatic rings. The lowest BCUT2D eigenvalue weighted by Gasteiger charge is -2.24. The van der Waals surface area contributed by atoms with Crippen molar-refractivity contribution in [1.29, 1.82) is 0 Å². The summed E-state index contributed by atoms with van der Waals surface area (Å²) in [4.78, 5) is 25.7. The molecule has 0 aliphatic carbocycles. The lowest BCUT2D eigenvalue weighted by atomic mass is 9.81. The minimum absolute atomic E-state index is 0.0569. The van der Waals surface area contributed by atoms with Crippen molar-refractivity contribution in [1.82, 2.24) is 15.1 Å². The van der Waals surface area contributed by atoms with Gasteiger partial charge in [0.05, 0.1) is 12.8 Å². The molecule has 1 amide bonds. The maximum atomic E-state index is 13.0. The maximum Gasteiger partial charge on any atom is 0.269 e. The smallest absolute Gasteiger partial charge is 0.269 e. The Kier molecular flexibility index (Phi) is 8.67. The van der Waals surface area contributed by atoms with Gasteiger partial charge in [-0.05, 0) is 56.6 Å². The molecule has 0 saturated carbocycles. The highest BCUT2D eigenvalue weighted by Gasteiger charge is 2.28. The topological polar surface area (TPSA) is 82.5 Å². The first kappa shape index (κ1) is 25.0. The van der Waals surface area contributed by atoms with Crippen LogP contribution < -0.4 is 10.1 Å². The van der Waals surface area contributed by atoms with E-state index in [-0.39, 0.29) is 17.1 Å². The summed E-state index contributed by atoms with van der Waals surface area (Å²) < 4.78 is 12.8. The van der Waals surface area contributed by atoms with E-state index in [1.807, 2.05) is 29.8 Å². The predicted molar refractivity (Wildman–Crippen MR) is 128 cm³/mol. The number of nitrogens with one attached hydrogen (secondary N) is 1. The van der Waals surface area contributed by atoms with Crippen LogP contribution in [0.1, 0.15) is 78.6 Å². The summed E-state index contributed by atoms with van der Waals surface area (Å²) in [5.74, 6) is 0.740. The van der Waals surface area contributed by atoms with Crippen LogP contribution in [-0.2, 0) is 24.1 Å². The molecule has 0 radical (unpaired) electrons. The first-order chi connectivity index (χ1) is 15.8. The van der Waals surface area contributed by atoms with Crippen LogP contribution in [0.3, 0.4) is 0 Å². The maximum absolute atomic E-state index is 13.0. The van der Waals surface area contributed by atoms with Gasteiger partial charge < -0.3 is 14.8 Å². The summed E-state index contributed by atoms with van der Waals surface area (Å²) in [6.45, 7) is 8.92. The Hall–Kier alpha value is -2.67. The molecular formula is C26H37N3O4. The van der Waals surface area contributed by atoms with Gasteiger partial charge in [0.25, 0.3) is 5.91 Å². The number of ether oxygens (including phenoxy) is 2. The molecule has 0 atom stereocenters. The Labute approximate surface area is 196 Å². The number of aryl methyl sites for hydroxylation is 1. The Morgan fingerprint density at radius 2 is 2.06 bits per heavy atom. The second-order valence-electron chi connectivity index (χ2n) is 9.41. The molecule has 0 saturated heterocycles. The molecule has 7 nitrogen and oxygen atoms in total. The van der Waals surface area contributed by atoms with Crippen LogP contribution in [-0.4, -0.2) is 48.3 Å². The molecule has 2 heterocycles. The molecule has 1 N–H and O–H groups in total. The van der Waals surface area contributed by atoms with Gasteiger partial charge in [0.15, 0.2) is 5.78 Å². The lowest BCUT2D eigenvalue weighted by molar-refractivity contribution is 0.0931. The second kappa shape index (κ2) is 11.5. The van der Waals surface area contributed by atoms with E-state index in [4.69, 9.17) is 14.6 Å². The van der Waals surface area contributed by atoms with Gasteiger partial charge in [-0.3, -0.25) is 14.3 Å². The molecule has 1 aromatic heterocycles. The Morgan fingerprint density at radius 1 is 1.27 bits per heavy atom. The third kappa shape index (κ3) is 6.67. The normalized spacial score (nSPS) is 15.3. The van der Waals surface area contributed by atoms with E-state index >= 15 is 0 Å². The Morgan fingerprint density at radius 3 is 2.82 bits per heavy atom. The van der Waals surface area contributed by atoms with E-state index in [2.05, 4.69) is 19.2 Å². The minimum atomic E-state index is -0.144. The molecule has 1 aromatic carbocycles. The molecule has 7 heteroatoms. The van der Waals surface area contributed by atoms with Gasteiger partial charge in [-0.2, -0.15) is 5.10 Å². The zero-order chi connectivity index (χ0) is 23.8. The van der Waals surface area contributed by atoms with Crippen LogP contribution in [0.25, 0.3) is 0 Å². The monoisotopic (exact) mass is 455 g/mol. The van der Waals surface area contributed by atoms with Crippen molar-refractivity contribution >= 4 is 11.7 Å². The number of fused-ring (bicyclic) bond motifs is 1. The van der Waals surface area contributed by atoms with Crippen LogP contribution in [0.5, 0.6) is 5.75 Å². The zero-order valence-corrected chi connectivity index (χ0v) is 20.4. The van der Waals surface area contributed by atoms with E-state index in [0.717, 1.165) is 36.9 Å². The summed E-state index contributed by atoms with van der Waals surface area (Å²) >= 11 is 0.